The number of likely N-dealkylation sites (N-methyl/N-ethyl adjacent to an activating group) is 1. The van der Waals surface area contributed by atoms with Crippen LogP contribution in [0.3, 0.4) is 0 Å². The second-order valence-corrected chi connectivity index (χ2v) is 4.44. The van der Waals surface area contributed by atoms with E-state index in [1.54, 1.807) is 11.8 Å². The van der Waals surface area contributed by atoms with E-state index in [-0.39, 0.29) is 5.92 Å². The van der Waals surface area contributed by atoms with Crippen LogP contribution < -0.4 is 5.32 Å². The van der Waals surface area contributed by atoms with E-state index in [1.807, 2.05) is 13.3 Å². The van der Waals surface area contributed by atoms with E-state index in [4.69, 9.17) is 4.52 Å². The van der Waals surface area contributed by atoms with Crippen molar-refractivity contribution in [2.24, 2.45) is 0 Å². The van der Waals surface area contributed by atoms with Crippen LogP contribution in [0.2, 0.25) is 0 Å². The molecule has 0 spiro atoms. The van der Waals surface area contributed by atoms with E-state index in [0.29, 0.717) is 6.04 Å². The molecule has 1 aromatic rings. The summed E-state index contributed by atoms with van der Waals surface area (Å²) in [6.45, 7) is 4.26. The summed E-state index contributed by atoms with van der Waals surface area (Å²) in [7, 11) is 1.96. The van der Waals surface area contributed by atoms with E-state index in [0.717, 1.165) is 23.9 Å². The van der Waals surface area contributed by atoms with Crippen LogP contribution in [0.15, 0.2) is 4.52 Å². The summed E-state index contributed by atoms with van der Waals surface area (Å²) in [4.78, 5) is 4.38. The maximum absolute atomic E-state index is 5.25. The zero-order chi connectivity index (χ0) is 11.3. The number of nitrogens with one attached hydrogen (secondary N) is 1. The second kappa shape index (κ2) is 6.12. The molecule has 0 aliphatic heterocycles. The Hall–Kier alpha value is -0.550. The molecule has 5 heteroatoms. The highest BCUT2D eigenvalue weighted by Gasteiger charge is 2.21. The second-order valence-electron chi connectivity index (χ2n) is 3.57. The van der Waals surface area contributed by atoms with Crippen LogP contribution in [-0.2, 0) is 5.75 Å². The molecule has 0 aliphatic carbocycles. The lowest BCUT2D eigenvalue weighted by molar-refractivity contribution is 0.324. The van der Waals surface area contributed by atoms with Gasteiger partial charge in [0.2, 0.25) is 5.89 Å². The third-order valence-electron chi connectivity index (χ3n) is 2.56. The molecular formula is C10H19N3OS. The van der Waals surface area contributed by atoms with Gasteiger partial charge in [0.1, 0.15) is 0 Å². The smallest absolute Gasteiger partial charge is 0.231 e. The van der Waals surface area contributed by atoms with E-state index in [1.165, 1.54) is 0 Å². The Morgan fingerprint density at radius 3 is 2.80 bits per heavy atom. The largest absolute Gasteiger partial charge is 0.339 e. The van der Waals surface area contributed by atoms with Crippen molar-refractivity contribution in [3.8, 4) is 0 Å². The van der Waals surface area contributed by atoms with Gasteiger partial charge in [-0.15, -0.1) is 0 Å². The summed E-state index contributed by atoms with van der Waals surface area (Å²) >= 11 is 1.70. The lowest BCUT2D eigenvalue weighted by Gasteiger charge is -2.18. The van der Waals surface area contributed by atoms with Gasteiger partial charge in [0, 0.05) is 6.04 Å². The number of thioether (sulfide) groups is 1. The molecule has 15 heavy (non-hydrogen) atoms. The third kappa shape index (κ3) is 3.21. The van der Waals surface area contributed by atoms with Gasteiger partial charge in [-0.3, -0.25) is 0 Å². The minimum absolute atomic E-state index is 0.267. The minimum Gasteiger partial charge on any atom is -0.339 e. The first-order valence-corrected chi connectivity index (χ1v) is 6.61. The fourth-order valence-electron chi connectivity index (χ4n) is 1.62. The summed E-state index contributed by atoms with van der Waals surface area (Å²) in [5.41, 5.74) is 0. The Kier molecular flexibility index (Phi) is 5.11. The molecule has 0 saturated carbocycles. The first kappa shape index (κ1) is 12.5. The maximum Gasteiger partial charge on any atom is 0.231 e. The van der Waals surface area contributed by atoms with Gasteiger partial charge in [-0.05, 0) is 19.7 Å². The number of hydrogen-bond acceptors (Lipinski definition) is 5. The predicted molar refractivity (Wildman–Crippen MR) is 63.1 cm³/mol. The molecule has 0 aliphatic rings. The van der Waals surface area contributed by atoms with Crippen LogP contribution in [0.1, 0.15) is 37.9 Å². The van der Waals surface area contributed by atoms with Gasteiger partial charge in [-0.25, -0.2) is 0 Å². The predicted octanol–water partition coefficient (Wildman–Crippen LogP) is 2.03. The van der Waals surface area contributed by atoms with Crippen molar-refractivity contribution in [1.29, 1.82) is 0 Å². The van der Waals surface area contributed by atoms with Gasteiger partial charge in [0.25, 0.3) is 0 Å². The molecule has 0 amide bonds. The number of aromatic nitrogens is 2. The summed E-state index contributed by atoms with van der Waals surface area (Å²) in [5.74, 6) is 2.60. The van der Waals surface area contributed by atoms with Crippen LogP contribution in [0.5, 0.6) is 0 Å². The fraction of sp³-hybridized carbons (Fsp3) is 0.800. The van der Waals surface area contributed by atoms with Gasteiger partial charge < -0.3 is 9.84 Å². The van der Waals surface area contributed by atoms with Gasteiger partial charge in [0.15, 0.2) is 5.82 Å². The average molecular weight is 229 g/mol. The molecule has 1 aromatic heterocycles. The van der Waals surface area contributed by atoms with Crippen LogP contribution in [0.4, 0.5) is 0 Å². The first-order valence-electron chi connectivity index (χ1n) is 5.21. The first-order chi connectivity index (χ1) is 7.22. The van der Waals surface area contributed by atoms with Gasteiger partial charge >= 0.3 is 0 Å². The quantitative estimate of drug-likeness (QED) is 0.809. The monoisotopic (exact) mass is 229 g/mol. The molecule has 0 aromatic carbocycles. The molecular weight excluding hydrogens is 210 g/mol. The number of hydrogen-bond donors (Lipinski definition) is 1. The molecule has 0 radical (unpaired) electrons. The Labute approximate surface area is 95.2 Å². The number of nitrogens with zero attached hydrogens (tertiary/aromatic N) is 2. The lowest BCUT2D eigenvalue weighted by Crippen LogP contribution is -2.30. The van der Waals surface area contributed by atoms with Crippen LogP contribution in [0, 0.1) is 0 Å². The normalized spacial score (nSPS) is 15.2. The molecule has 1 heterocycles. The SMILES string of the molecule is CCC(NC)C(C)c1nc(CSC)no1. The lowest BCUT2D eigenvalue weighted by atomic mass is 10.00. The summed E-state index contributed by atoms with van der Waals surface area (Å²) in [5, 5.41) is 7.20. The summed E-state index contributed by atoms with van der Waals surface area (Å²) in [6, 6.07) is 0.396. The van der Waals surface area contributed by atoms with E-state index in [2.05, 4.69) is 29.3 Å². The van der Waals surface area contributed by atoms with Crippen molar-refractivity contribution in [1.82, 2.24) is 15.5 Å². The van der Waals surface area contributed by atoms with E-state index < -0.39 is 0 Å². The molecule has 1 rings (SSSR count). The molecule has 0 bridgehead atoms. The Balaban J connectivity index is 2.68. The molecule has 86 valence electrons. The highest BCUT2D eigenvalue weighted by atomic mass is 32.2. The zero-order valence-electron chi connectivity index (χ0n) is 9.78. The van der Waals surface area contributed by atoms with Crippen LogP contribution in [-0.4, -0.2) is 29.5 Å². The highest BCUT2D eigenvalue weighted by molar-refractivity contribution is 7.97. The average Bonchev–Trinajstić information content (AvgIpc) is 2.68. The zero-order valence-corrected chi connectivity index (χ0v) is 10.6. The Bertz CT molecular complexity index is 286. The van der Waals surface area contributed by atoms with E-state index in [9.17, 15) is 0 Å². The van der Waals surface area contributed by atoms with Gasteiger partial charge in [-0.1, -0.05) is 19.0 Å². The van der Waals surface area contributed by atoms with Crippen molar-refractivity contribution in [3.05, 3.63) is 11.7 Å². The molecule has 0 saturated heterocycles. The maximum atomic E-state index is 5.25. The summed E-state index contributed by atoms with van der Waals surface area (Å²) < 4.78 is 5.25. The molecule has 4 nitrogen and oxygen atoms in total. The highest BCUT2D eigenvalue weighted by Crippen LogP contribution is 2.19. The standard InChI is InChI=1S/C10H19N3OS/c1-5-8(11-3)7(2)10-12-9(6-15-4)13-14-10/h7-8,11H,5-6H2,1-4H3. The van der Waals surface area contributed by atoms with Crippen LogP contribution >= 0.6 is 11.8 Å². The van der Waals surface area contributed by atoms with Crippen LogP contribution in [0.25, 0.3) is 0 Å². The van der Waals surface area contributed by atoms with Crippen molar-refractivity contribution >= 4 is 11.8 Å². The topological polar surface area (TPSA) is 51.0 Å². The third-order valence-corrected chi connectivity index (χ3v) is 3.11. The van der Waals surface area contributed by atoms with Gasteiger partial charge in [-0.2, -0.15) is 16.7 Å². The molecule has 2 unspecified atom stereocenters. The number of rotatable bonds is 6. The fourth-order valence-corrected chi connectivity index (χ4v) is 2.00. The van der Waals surface area contributed by atoms with Crippen molar-refractivity contribution in [3.63, 3.8) is 0 Å². The van der Waals surface area contributed by atoms with Crippen molar-refractivity contribution in [2.75, 3.05) is 13.3 Å². The van der Waals surface area contributed by atoms with Crippen molar-refractivity contribution < 1.29 is 4.52 Å². The molecule has 1 N–H and O–H groups in total. The Morgan fingerprint density at radius 1 is 1.53 bits per heavy atom. The van der Waals surface area contributed by atoms with Gasteiger partial charge in [0.05, 0.1) is 11.7 Å². The minimum atomic E-state index is 0.267. The molecule has 2 atom stereocenters. The van der Waals surface area contributed by atoms with Crippen molar-refractivity contribution in [2.45, 2.75) is 38.0 Å². The summed E-state index contributed by atoms with van der Waals surface area (Å²) in [6.07, 6.45) is 3.08. The Morgan fingerprint density at radius 2 is 2.27 bits per heavy atom. The molecule has 0 fully saturated rings. The van der Waals surface area contributed by atoms with E-state index >= 15 is 0 Å².